The standard InChI is InChI=1S/C20H27NO4S/c1-5-21(14-16-10-9-11-26-16)20(22)15-12-17(23-6-2)19(25-8-4)18(13-15)24-7-3/h9-13H,5-8,14H2,1-4H3. The summed E-state index contributed by atoms with van der Waals surface area (Å²) in [6.07, 6.45) is 0. The topological polar surface area (TPSA) is 48.0 Å². The van der Waals surface area contributed by atoms with Crippen molar-refractivity contribution in [1.82, 2.24) is 4.90 Å². The highest BCUT2D eigenvalue weighted by Gasteiger charge is 2.21. The van der Waals surface area contributed by atoms with Crippen LogP contribution in [0.4, 0.5) is 0 Å². The molecule has 2 rings (SSSR count). The summed E-state index contributed by atoms with van der Waals surface area (Å²) in [7, 11) is 0. The maximum absolute atomic E-state index is 13.1. The molecule has 0 aliphatic heterocycles. The lowest BCUT2D eigenvalue weighted by atomic mass is 10.1. The van der Waals surface area contributed by atoms with Crippen LogP contribution in [0.5, 0.6) is 17.2 Å². The molecule has 0 unspecified atom stereocenters. The molecule has 0 N–H and O–H groups in total. The van der Waals surface area contributed by atoms with E-state index in [9.17, 15) is 4.79 Å². The highest BCUT2D eigenvalue weighted by Crippen LogP contribution is 2.39. The van der Waals surface area contributed by atoms with Gasteiger partial charge in [-0.05, 0) is 51.3 Å². The van der Waals surface area contributed by atoms with Crippen LogP contribution in [0.2, 0.25) is 0 Å². The van der Waals surface area contributed by atoms with Crippen molar-refractivity contribution in [3.8, 4) is 17.2 Å². The highest BCUT2D eigenvalue weighted by molar-refractivity contribution is 7.09. The van der Waals surface area contributed by atoms with Crippen molar-refractivity contribution in [2.24, 2.45) is 0 Å². The number of ether oxygens (including phenoxy) is 3. The summed E-state index contributed by atoms with van der Waals surface area (Å²) < 4.78 is 17.1. The van der Waals surface area contributed by atoms with Crippen LogP contribution in [0.25, 0.3) is 0 Å². The van der Waals surface area contributed by atoms with Crippen LogP contribution in [-0.4, -0.2) is 37.2 Å². The predicted molar refractivity (Wildman–Crippen MR) is 105 cm³/mol. The molecule has 0 spiro atoms. The van der Waals surface area contributed by atoms with Gasteiger partial charge in [-0.25, -0.2) is 0 Å². The van der Waals surface area contributed by atoms with E-state index in [-0.39, 0.29) is 5.91 Å². The van der Waals surface area contributed by atoms with Crippen molar-refractivity contribution in [2.45, 2.75) is 34.2 Å². The SMILES string of the molecule is CCOc1cc(C(=O)N(CC)Cc2cccs2)cc(OCC)c1OCC. The van der Waals surface area contributed by atoms with Crippen LogP contribution in [0, 0.1) is 0 Å². The molecule has 1 aromatic heterocycles. The number of amides is 1. The molecule has 5 nitrogen and oxygen atoms in total. The Morgan fingerprint density at radius 2 is 1.62 bits per heavy atom. The van der Waals surface area contributed by atoms with Gasteiger partial charge >= 0.3 is 0 Å². The summed E-state index contributed by atoms with van der Waals surface area (Å²) in [5.74, 6) is 1.58. The number of benzene rings is 1. The quantitative estimate of drug-likeness (QED) is 0.607. The van der Waals surface area contributed by atoms with Gasteiger partial charge in [0.05, 0.1) is 26.4 Å². The fourth-order valence-corrected chi connectivity index (χ4v) is 3.33. The molecular formula is C20H27NO4S. The van der Waals surface area contributed by atoms with E-state index in [0.29, 0.717) is 55.7 Å². The van der Waals surface area contributed by atoms with Gasteiger partial charge in [0.1, 0.15) is 0 Å². The molecule has 1 aromatic carbocycles. The van der Waals surface area contributed by atoms with Crippen LogP contribution >= 0.6 is 11.3 Å². The summed E-state index contributed by atoms with van der Waals surface area (Å²) in [6, 6.07) is 7.53. The Labute approximate surface area is 159 Å². The third kappa shape index (κ3) is 4.91. The number of hydrogen-bond acceptors (Lipinski definition) is 5. The van der Waals surface area contributed by atoms with E-state index in [2.05, 4.69) is 0 Å². The zero-order valence-electron chi connectivity index (χ0n) is 15.9. The number of nitrogens with zero attached hydrogens (tertiary/aromatic N) is 1. The maximum atomic E-state index is 13.1. The Morgan fingerprint density at radius 1 is 1.00 bits per heavy atom. The van der Waals surface area contributed by atoms with Gasteiger partial charge in [0.2, 0.25) is 5.75 Å². The van der Waals surface area contributed by atoms with Crippen molar-refractivity contribution in [1.29, 1.82) is 0 Å². The van der Waals surface area contributed by atoms with E-state index in [1.54, 1.807) is 23.5 Å². The summed E-state index contributed by atoms with van der Waals surface area (Å²) in [5, 5.41) is 2.02. The van der Waals surface area contributed by atoms with Crippen molar-refractivity contribution < 1.29 is 19.0 Å². The molecule has 6 heteroatoms. The van der Waals surface area contributed by atoms with E-state index in [4.69, 9.17) is 14.2 Å². The molecule has 2 aromatic rings. The predicted octanol–water partition coefficient (Wildman–Crippen LogP) is 4.61. The largest absolute Gasteiger partial charge is 0.490 e. The highest BCUT2D eigenvalue weighted by atomic mass is 32.1. The maximum Gasteiger partial charge on any atom is 0.254 e. The molecule has 0 saturated heterocycles. The summed E-state index contributed by atoms with van der Waals surface area (Å²) >= 11 is 1.65. The molecule has 0 fully saturated rings. The van der Waals surface area contributed by atoms with E-state index < -0.39 is 0 Å². The van der Waals surface area contributed by atoms with E-state index in [0.717, 1.165) is 4.88 Å². The third-order valence-corrected chi connectivity index (χ3v) is 4.61. The molecular weight excluding hydrogens is 350 g/mol. The molecule has 0 atom stereocenters. The van der Waals surface area contributed by atoms with E-state index in [1.165, 1.54) is 0 Å². The molecule has 0 radical (unpaired) electrons. The first-order valence-electron chi connectivity index (χ1n) is 9.02. The van der Waals surface area contributed by atoms with E-state index in [1.807, 2.05) is 50.1 Å². The van der Waals surface area contributed by atoms with Gasteiger partial charge in [0.15, 0.2) is 11.5 Å². The monoisotopic (exact) mass is 377 g/mol. The molecule has 142 valence electrons. The smallest absolute Gasteiger partial charge is 0.254 e. The van der Waals surface area contributed by atoms with Crippen molar-refractivity contribution in [3.05, 3.63) is 40.1 Å². The summed E-state index contributed by atoms with van der Waals surface area (Å²) in [5.41, 5.74) is 0.541. The zero-order valence-corrected chi connectivity index (χ0v) is 16.7. The Bertz CT molecular complexity index is 673. The first-order chi connectivity index (χ1) is 12.6. The minimum Gasteiger partial charge on any atom is -0.490 e. The van der Waals surface area contributed by atoms with Crippen LogP contribution in [0.15, 0.2) is 29.6 Å². The number of thiophene rings is 1. The Morgan fingerprint density at radius 3 is 2.08 bits per heavy atom. The summed E-state index contributed by atoms with van der Waals surface area (Å²) in [4.78, 5) is 16.0. The fraction of sp³-hybridized carbons (Fsp3) is 0.450. The Kier molecular flexibility index (Phi) is 7.78. The zero-order chi connectivity index (χ0) is 18.9. The van der Waals surface area contributed by atoms with Gasteiger partial charge in [0, 0.05) is 17.0 Å². The lowest BCUT2D eigenvalue weighted by Gasteiger charge is -2.22. The minimum absolute atomic E-state index is 0.0501. The Balaban J connectivity index is 2.37. The number of carbonyl (C=O) groups is 1. The fourth-order valence-electron chi connectivity index (χ4n) is 2.61. The first-order valence-corrected chi connectivity index (χ1v) is 9.90. The van der Waals surface area contributed by atoms with Crippen LogP contribution < -0.4 is 14.2 Å². The van der Waals surface area contributed by atoms with E-state index >= 15 is 0 Å². The summed E-state index contributed by atoms with van der Waals surface area (Å²) in [6.45, 7) is 10.4. The van der Waals surface area contributed by atoms with Crippen LogP contribution in [0.1, 0.15) is 42.9 Å². The van der Waals surface area contributed by atoms with Gasteiger partial charge in [-0.2, -0.15) is 0 Å². The van der Waals surface area contributed by atoms with Gasteiger partial charge < -0.3 is 19.1 Å². The molecule has 0 bridgehead atoms. The average Bonchev–Trinajstić information content (AvgIpc) is 3.15. The van der Waals surface area contributed by atoms with Crippen LogP contribution in [-0.2, 0) is 6.54 Å². The van der Waals surface area contributed by atoms with Crippen molar-refractivity contribution in [2.75, 3.05) is 26.4 Å². The van der Waals surface area contributed by atoms with Crippen molar-refractivity contribution in [3.63, 3.8) is 0 Å². The first kappa shape index (κ1) is 20.1. The molecule has 0 aliphatic rings. The third-order valence-electron chi connectivity index (χ3n) is 3.75. The second kappa shape index (κ2) is 10.1. The number of rotatable bonds is 10. The molecule has 1 amide bonds. The van der Waals surface area contributed by atoms with Gasteiger partial charge in [0.25, 0.3) is 5.91 Å². The Hall–Kier alpha value is -2.21. The molecule has 0 saturated carbocycles. The van der Waals surface area contributed by atoms with Crippen LogP contribution in [0.3, 0.4) is 0 Å². The molecule has 1 heterocycles. The molecule has 0 aliphatic carbocycles. The van der Waals surface area contributed by atoms with Gasteiger partial charge in [-0.15, -0.1) is 11.3 Å². The van der Waals surface area contributed by atoms with Crippen molar-refractivity contribution >= 4 is 17.2 Å². The molecule has 26 heavy (non-hydrogen) atoms. The lowest BCUT2D eigenvalue weighted by Crippen LogP contribution is -2.30. The normalized spacial score (nSPS) is 10.5. The minimum atomic E-state index is -0.0501. The number of carbonyl (C=O) groups excluding carboxylic acids is 1. The lowest BCUT2D eigenvalue weighted by molar-refractivity contribution is 0.0753. The second-order valence-electron chi connectivity index (χ2n) is 5.50. The average molecular weight is 378 g/mol. The second-order valence-corrected chi connectivity index (χ2v) is 6.53. The van der Waals surface area contributed by atoms with Gasteiger partial charge in [-0.3, -0.25) is 4.79 Å². The number of hydrogen-bond donors (Lipinski definition) is 0. The van der Waals surface area contributed by atoms with Gasteiger partial charge in [-0.1, -0.05) is 6.07 Å².